The van der Waals surface area contributed by atoms with E-state index in [-0.39, 0.29) is 5.97 Å². The summed E-state index contributed by atoms with van der Waals surface area (Å²) in [4.78, 5) is 12.0. The highest BCUT2D eigenvalue weighted by atomic mass is 28.3. The van der Waals surface area contributed by atoms with E-state index < -0.39 is 16.1 Å². The van der Waals surface area contributed by atoms with Crippen LogP contribution < -0.4 is 10.5 Å². The van der Waals surface area contributed by atoms with Crippen LogP contribution in [0, 0.1) is 0 Å². The molecule has 1 N–H and O–H groups in total. The predicted octanol–water partition coefficient (Wildman–Crippen LogP) is 1.68. The highest BCUT2D eigenvalue weighted by Gasteiger charge is 2.35. The van der Waals surface area contributed by atoms with E-state index in [1.807, 2.05) is 6.92 Å². The fourth-order valence-corrected chi connectivity index (χ4v) is 7.15. The lowest BCUT2D eigenvalue weighted by Crippen LogP contribution is -2.57. The molecule has 0 saturated carbocycles. The monoisotopic (exact) mass is 284 g/mol. The van der Waals surface area contributed by atoms with Gasteiger partial charge in [0.05, 0.1) is 14.7 Å². The Morgan fingerprint density at radius 2 is 1.72 bits per heavy atom. The number of H-pyrrole nitrogens is 1. The van der Waals surface area contributed by atoms with E-state index >= 15 is 0 Å². The van der Waals surface area contributed by atoms with Crippen LogP contribution in [0.25, 0.3) is 0 Å². The number of esters is 1. The Kier molecular flexibility index (Phi) is 4.22. The molecular formula is C12H24N2O2Si2. The topological polar surface area (TPSA) is 55.0 Å². The van der Waals surface area contributed by atoms with Gasteiger partial charge in [0.15, 0.2) is 5.69 Å². The third-order valence-electron chi connectivity index (χ3n) is 2.74. The Labute approximate surface area is 111 Å². The molecule has 0 unspecified atom stereocenters. The van der Waals surface area contributed by atoms with Crippen molar-refractivity contribution in [1.82, 2.24) is 10.2 Å². The van der Waals surface area contributed by atoms with E-state index in [4.69, 9.17) is 4.74 Å². The smallest absolute Gasteiger partial charge is 0.358 e. The van der Waals surface area contributed by atoms with Gasteiger partial charge in [0.2, 0.25) is 0 Å². The molecule has 0 amide bonds. The molecule has 1 heterocycles. The number of nitrogens with one attached hydrogen (secondary N) is 1. The normalized spacial score (nSPS) is 12.6. The molecule has 0 saturated heterocycles. The fourth-order valence-electron chi connectivity index (χ4n) is 1.96. The van der Waals surface area contributed by atoms with Crippen LogP contribution >= 0.6 is 0 Å². The minimum absolute atomic E-state index is 0.296. The lowest BCUT2D eigenvalue weighted by molar-refractivity contribution is 0.0521. The van der Waals surface area contributed by atoms with Crippen LogP contribution in [0.5, 0.6) is 0 Å². The van der Waals surface area contributed by atoms with Crippen LogP contribution in [0.15, 0.2) is 0 Å². The first-order chi connectivity index (χ1) is 8.09. The number of aromatic nitrogens is 2. The zero-order valence-electron chi connectivity index (χ0n) is 12.5. The largest absolute Gasteiger partial charge is 0.461 e. The molecule has 0 bridgehead atoms. The maximum Gasteiger partial charge on any atom is 0.358 e. The van der Waals surface area contributed by atoms with Gasteiger partial charge in [-0.2, -0.15) is 5.10 Å². The summed E-state index contributed by atoms with van der Waals surface area (Å²) in [5.74, 6) is -0.296. The van der Waals surface area contributed by atoms with Crippen molar-refractivity contribution in [2.45, 2.75) is 46.2 Å². The molecule has 102 valence electrons. The molecule has 0 atom stereocenters. The molecule has 0 aromatic carbocycles. The molecule has 6 heteroatoms. The second-order valence-electron chi connectivity index (χ2n) is 6.54. The van der Waals surface area contributed by atoms with E-state index in [9.17, 15) is 4.79 Å². The molecular weight excluding hydrogens is 260 g/mol. The van der Waals surface area contributed by atoms with E-state index in [1.165, 1.54) is 5.32 Å². The van der Waals surface area contributed by atoms with Crippen LogP contribution in [-0.2, 0) is 4.74 Å². The molecule has 0 radical (unpaired) electrons. The van der Waals surface area contributed by atoms with Gasteiger partial charge >= 0.3 is 5.97 Å². The van der Waals surface area contributed by atoms with Crippen molar-refractivity contribution < 1.29 is 9.53 Å². The maximum atomic E-state index is 12.0. The molecule has 4 nitrogen and oxygen atoms in total. The third-order valence-corrected chi connectivity index (χ3v) is 6.83. The van der Waals surface area contributed by atoms with Gasteiger partial charge in [0.1, 0.15) is 8.07 Å². The number of nitrogens with zero attached hydrogens (tertiary/aromatic N) is 1. The lowest BCUT2D eigenvalue weighted by Gasteiger charge is -2.23. The average molecular weight is 285 g/mol. The highest BCUT2D eigenvalue weighted by molar-refractivity contribution is 6.98. The molecule has 0 fully saturated rings. The fraction of sp³-hybridized carbons (Fsp3) is 0.667. The Morgan fingerprint density at radius 1 is 1.17 bits per heavy atom. The van der Waals surface area contributed by atoms with Crippen molar-refractivity contribution in [2.24, 2.45) is 0 Å². The van der Waals surface area contributed by atoms with Gasteiger partial charge in [-0.25, -0.2) is 4.79 Å². The zero-order chi connectivity index (χ0) is 14.1. The van der Waals surface area contributed by atoms with E-state index in [1.54, 1.807) is 0 Å². The summed E-state index contributed by atoms with van der Waals surface area (Å²) in [6.45, 7) is 15.7. The number of ether oxygens (including phenoxy) is 1. The molecule has 0 spiro atoms. The standard InChI is InChI=1S/C12H24N2O2Si2/c1-8-16-12(15)9-10(17(2,3)4)11(14-13-9)18(5,6)7/h8H2,1-7H3,(H,13,14). The third kappa shape index (κ3) is 3.11. The number of aromatic amines is 1. The van der Waals surface area contributed by atoms with Crippen LogP contribution in [0.2, 0.25) is 39.3 Å². The second-order valence-corrected chi connectivity index (χ2v) is 16.5. The van der Waals surface area contributed by atoms with E-state index in [2.05, 4.69) is 49.5 Å². The summed E-state index contributed by atoms with van der Waals surface area (Å²) < 4.78 is 5.11. The van der Waals surface area contributed by atoms with Gasteiger partial charge in [-0.3, -0.25) is 5.10 Å². The molecule has 1 aromatic heterocycles. The summed E-state index contributed by atoms with van der Waals surface area (Å²) in [5, 5.41) is 9.69. The van der Waals surface area contributed by atoms with Crippen LogP contribution in [0.3, 0.4) is 0 Å². The average Bonchev–Trinajstić information content (AvgIpc) is 2.60. The lowest BCUT2D eigenvalue weighted by atomic mass is 10.4. The number of hydrogen-bond acceptors (Lipinski definition) is 3. The minimum Gasteiger partial charge on any atom is -0.461 e. The summed E-state index contributed by atoms with van der Waals surface area (Å²) in [5.41, 5.74) is 0.508. The van der Waals surface area contributed by atoms with Crippen molar-refractivity contribution in [2.75, 3.05) is 6.61 Å². The zero-order valence-corrected chi connectivity index (χ0v) is 14.5. The van der Waals surface area contributed by atoms with Gasteiger partial charge in [-0.05, 0) is 12.1 Å². The Morgan fingerprint density at radius 3 is 2.11 bits per heavy atom. The molecule has 0 aliphatic heterocycles. The Balaban J connectivity index is 3.39. The first-order valence-corrected chi connectivity index (χ1v) is 13.4. The summed E-state index contributed by atoms with van der Waals surface area (Å²) in [6.07, 6.45) is 0. The second kappa shape index (κ2) is 5.01. The van der Waals surface area contributed by atoms with Crippen molar-refractivity contribution in [3.05, 3.63) is 5.69 Å². The van der Waals surface area contributed by atoms with Crippen molar-refractivity contribution in [3.63, 3.8) is 0 Å². The minimum atomic E-state index is -1.63. The van der Waals surface area contributed by atoms with E-state index in [0.29, 0.717) is 12.3 Å². The first kappa shape index (κ1) is 15.2. The molecule has 0 aliphatic carbocycles. The van der Waals surface area contributed by atoms with Crippen molar-refractivity contribution in [3.8, 4) is 0 Å². The van der Waals surface area contributed by atoms with Crippen LogP contribution in [0.1, 0.15) is 17.4 Å². The van der Waals surface area contributed by atoms with E-state index in [0.717, 1.165) is 5.19 Å². The molecule has 1 aromatic rings. The van der Waals surface area contributed by atoms with Crippen LogP contribution in [-0.4, -0.2) is 38.9 Å². The summed E-state index contributed by atoms with van der Waals surface area (Å²) >= 11 is 0. The van der Waals surface area contributed by atoms with Gasteiger partial charge in [-0.1, -0.05) is 39.3 Å². The van der Waals surface area contributed by atoms with Gasteiger partial charge in [-0.15, -0.1) is 0 Å². The molecule has 18 heavy (non-hydrogen) atoms. The Hall–Kier alpha value is -0.886. The van der Waals surface area contributed by atoms with Gasteiger partial charge < -0.3 is 4.74 Å². The van der Waals surface area contributed by atoms with Gasteiger partial charge in [0.25, 0.3) is 0 Å². The molecule has 1 rings (SSSR count). The number of hydrogen-bond donors (Lipinski definition) is 1. The highest BCUT2D eigenvalue weighted by Crippen LogP contribution is 2.09. The van der Waals surface area contributed by atoms with Crippen molar-refractivity contribution in [1.29, 1.82) is 0 Å². The predicted molar refractivity (Wildman–Crippen MR) is 80.5 cm³/mol. The SMILES string of the molecule is CCOC(=O)c1n[nH]c([Si](C)(C)C)c1[Si](C)(C)C. The number of carbonyl (C=O) groups excluding carboxylic acids is 1. The van der Waals surface area contributed by atoms with Crippen LogP contribution in [0.4, 0.5) is 0 Å². The summed E-state index contributed by atoms with van der Waals surface area (Å²) in [7, 11) is -3.16. The summed E-state index contributed by atoms with van der Waals surface area (Å²) in [6, 6.07) is 0. The van der Waals surface area contributed by atoms with Gasteiger partial charge in [0, 0.05) is 5.32 Å². The Bertz CT molecular complexity index is 442. The first-order valence-electron chi connectivity index (χ1n) is 6.35. The number of rotatable bonds is 4. The maximum absolute atomic E-state index is 12.0. The van der Waals surface area contributed by atoms with Crippen molar-refractivity contribution >= 4 is 32.6 Å². The quantitative estimate of drug-likeness (QED) is 0.676. The number of carbonyl (C=O) groups is 1. The molecule has 0 aliphatic rings.